The van der Waals surface area contributed by atoms with Crippen molar-refractivity contribution in [1.82, 2.24) is 9.55 Å². The summed E-state index contributed by atoms with van der Waals surface area (Å²) in [6.07, 6.45) is 5.05. The lowest BCUT2D eigenvalue weighted by Crippen LogP contribution is -2.26. The van der Waals surface area contributed by atoms with Crippen molar-refractivity contribution < 1.29 is 14.3 Å². The Hall–Kier alpha value is -2.17. The Morgan fingerprint density at radius 3 is 2.65 bits per heavy atom. The molecule has 0 atom stereocenters. The Labute approximate surface area is 117 Å². The monoisotopic (exact) mass is 274 g/mol. The van der Waals surface area contributed by atoms with Crippen LogP contribution < -0.4 is 0 Å². The van der Waals surface area contributed by atoms with Gasteiger partial charge in [-0.25, -0.2) is 0 Å². The summed E-state index contributed by atoms with van der Waals surface area (Å²) in [5.41, 5.74) is 1.60. The molecule has 2 heterocycles. The first-order chi connectivity index (χ1) is 9.26. The molecule has 0 radical (unpaired) electrons. The quantitative estimate of drug-likeness (QED) is 0.637. The third-order valence-electron chi connectivity index (χ3n) is 2.73. The molecule has 0 N–H and O–H groups in total. The van der Waals surface area contributed by atoms with Gasteiger partial charge in [0.15, 0.2) is 5.78 Å². The number of pyridine rings is 1. The number of ether oxygens (including phenoxy) is 1. The fraction of sp³-hybridized carbons (Fsp3) is 0.400. The standard InChI is InChI=1S/C15H18N2O3/c1-10(18)12-7-16-13-8-17(6-5-11(12)13)9-14(19)20-15(2,3)4/h5-8H,9H2,1-4H3. The number of aromatic nitrogens is 2. The number of hydrogen-bond donors (Lipinski definition) is 0. The van der Waals surface area contributed by atoms with E-state index in [0.717, 1.165) is 5.56 Å². The summed E-state index contributed by atoms with van der Waals surface area (Å²) in [5.74, 6) is -0.322. The van der Waals surface area contributed by atoms with E-state index >= 15 is 0 Å². The number of nitrogens with zero attached hydrogens (tertiary/aromatic N) is 2. The third-order valence-corrected chi connectivity index (χ3v) is 2.73. The molecule has 0 unspecified atom stereocenters. The maximum absolute atomic E-state index is 11.8. The average Bonchev–Trinajstić information content (AvgIpc) is 2.68. The first-order valence-electron chi connectivity index (χ1n) is 6.43. The minimum Gasteiger partial charge on any atom is -0.459 e. The van der Waals surface area contributed by atoms with Gasteiger partial charge in [0.1, 0.15) is 12.1 Å². The Bertz CT molecular complexity index is 623. The largest absolute Gasteiger partial charge is 0.459 e. The molecule has 0 aromatic carbocycles. The van der Waals surface area contributed by atoms with Crippen molar-refractivity contribution in [3.05, 3.63) is 30.2 Å². The predicted molar refractivity (Wildman–Crippen MR) is 74.7 cm³/mol. The number of fused-ring (bicyclic) bond motifs is 1. The topological polar surface area (TPSA) is 61.2 Å². The number of ketones is 1. The minimum absolute atomic E-state index is 0.0163. The number of hydrogen-bond acceptors (Lipinski definition) is 4. The molecule has 0 saturated carbocycles. The molecule has 0 fully saturated rings. The van der Waals surface area contributed by atoms with Crippen molar-refractivity contribution in [3.8, 4) is 11.3 Å². The van der Waals surface area contributed by atoms with Crippen LogP contribution in [-0.4, -0.2) is 26.9 Å². The van der Waals surface area contributed by atoms with Gasteiger partial charge in [-0.15, -0.1) is 0 Å². The molecular weight excluding hydrogens is 256 g/mol. The van der Waals surface area contributed by atoms with Crippen LogP contribution in [0, 0.1) is 0 Å². The van der Waals surface area contributed by atoms with Crippen molar-refractivity contribution in [2.75, 3.05) is 0 Å². The number of carbonyl (C=O) groups excluding carboxylic acids is 2. The molecule has 0 saturated heterocycles. The summed E-state index contributed by atoms with van der Waals surface area (Å²) in [4.78, 5) is 27.4. The van der Waals surface area contributed by atoms with Gasteiger partial charge >= 0.3 is 5.97 Å². The van der Waals surface area contributed by atoms with Gasteiger partial charge in [0.05, 0.1) is 5.69 Å². The van der Waals surface area contributed by atoms with Gasteiger partial charge < -0.3 is 9.30 Å². The van der Waals surface area contributed by atoms with Crippen LogP contribution in [0.4, 0.5) is 0 Å². The Kier molecular flexibility index (Phi) is 3.61. The van der Waals surface area contributed by atoms with E-state index in [9.17, 15) is 9.59 Å². The Morgan fingerprint density at radius 2 is 2.05 bits per heavy atom. The SMILES string of the molecule is CC(=O)c1cnc2cn(CC(=O)OC(C)(C)C)ccc1-2. The molecular formula is C15H18N2O3. The van der Waals surface area contributed by atoms with Gasteiger partial charge in [0, 0.05) is 29.7 Å². The van der Waals surface area contributed by atoms with E-state index in [1.54, 1.807) is 29.2 Å². The van der Waals surface area contributed by atoms with E-state index in [4.69, 9.17) is 4.74 Å². The number of Topliss-reactive ketones (excluding diaryl/α,β-unsaturated/α-hetero) is 1. The van der Waals surface area contributed by atoms with Gasteiger partial charge in [-0.2, -0.15) is 0 Å². The van der Waals surface area contributed by atoms with Crippen LogP contribution in [0.3, 0.4) is 0 Å². The highest BCUT2D eigenvalue weighted by molar-refractivity contribution is 6.00. The molecule has 106 valence electrons. The Balaban J connectivity index is 2.19. The predicted octanol–water partition coefficient (Wildman–Crippen LogP) is 2.53. The van der Waals surface area contributed by atoms with Crippen molar-refractivity contribution in [3.63, 3.8) is 0 Å². The van der Waals surface area contributed by atoms with Gasteiger partial charge in [-0.3, -0.25) is 14.6 Å². The van der Waals surface area contributed by atoms with Crippen LogP contribution in [0.25, 0.3) is 11.3 Å². The molecule has 0 amide bonds. The maximum atomic E-state index is 11.8. The summed E-state index contributed by atoms with van der Waals surface area (Å²) in [5, 5.41) is 0. The zero-order chi connectivity index (χ0) is 14.9. The van der Waals surface area contributed by atoms with Crippen molar-refractivity contribution in [1.29, 1.82) is 0 Å². The molecule has 2 rings (SSSR count). The number of rotatable bonds is 3. The molecule has 2 aliphatic heterocycles. The van der Waals surface area contributed by atoms with E-state index in [1.165, 1.54) is 6.92 Å². The van der Waals surface area contributed by atoms with Gasteiger partial charge in [-0.05, 0) is 33.8 Å². The molecule has 0 bridgehead atoms. The van der Waals surface area contributed by atoms with E-state index < -0.39 is 5.60 Å². The second-order valence-corrected chi connectivity index (χ2v) is 5.73. The Morgan fingerprint density at radius 1 is 1.35 bits per heavy atom. The summed E-state index contributed by atoms with van der Waals surface area (Å²) >= 11 is 0. The second-order valence-electron chi connectivity index (χ2n) is 5.73. The lowest BCUT2D eigenvalue weighted by atomic mass is 10.1. The third kappa shape index (κ3) is 3.23. The highest BCUT2D eigenvalue weighted by atomic mass is 16.6. The van der Waals surface area contributed by atoms with E-state index in [-0.39, 0.29) is 18.3 Å². The lowest BCUT2D eigenvalue weighted by molar-refractivity contribution is -0.155. The molecule has 2 aliphatic rings. The molecule has 5 nitrogen and oxygen atoms in total. The summed E-state index contributed by atoms with van der Waals surface area (Å²) in [6.45, 7) is 7.12. The fourth-order valence-electron chi connectivity index (χ4n) is 1.96. The summed E-state index contributed by atoms with van der Waals surface area (Å²) < 4.78 is 6.96. The highest BCUT2D eigenvalue weighted by Crippen LogP contribution is 2.24. The fourth-order valence-corrected chi connectivity index (χ4v) is 1.96. The smallest absolute Gasteiger partial charge is 0.326 e. The van der Waals surface area contributed by atoms with Crippen molar-refractivity contribution >= 4 is 11.8 Å². The van der Waals surface area contributed by atoms with E-state index in [0.29, 0.717) is 11.3 Å². The van der Waals surface area contributed by atoms with Crippen LogP contribution in [-0.2, 0) is 16.1 Å². The molecule has 0 aromatic rings. The molecule has 5 heteroatoms. The van der Waals surface area contributed by atoms with Crippen molar-refractivity contribution in [2.45, 2.75) is 39.8 Å². The average molecular weight is 274 g/mol. The van der Waals surface area contributed by atoms with Crippen LogP contribution in [0.5, 0.6) is 0 Å². The zero-order valence-corrected chi connectivity index (χ0v) is 12.1. The molecule has 20 heavy (non-hydrogen) atoms. The van der Waals surface area contributed by atoms with Gasteiger partial charge in [0.2, 0.25) is 0 Å². The first-order valence-corrected chi connectivity index (χ1v) is 6.43. The van der Waals surface area contributed by atoms with Crippen LogP contribution in [0.2, 0.25) is 0 Å². The second kappa shape index (κ2) is 5.07. The van der Waals surface area contributed by atoms with Crippen molar-refractivity contribution in [2.24, 2.45) is 0 Å². The normalized spacial score (nSPS) is 11.6. The number of esters is 1. The van der Waals surface area contributed by atoms with Crippen LogP contribution in [0.1, 0.15) is 38.1 Å². The molecule has 0 spiro atoms. The highest BCUT2D eigenvalue weighted by Gasteiger charge is 2.18. The minimum atomic E-state index is -0.498. The zero-order valence-electron chi connectivity index (χ0n) is 12.1. The van der Waals surface area contributed by atoms with Crippen LogP contribution in [0.15, 0.2) is 24.7 Å². The molecule has 0 aliphatic carbocycles. The maximum Gasteiger partial charge on any atom is 0.326 e. The number of carbonyl (C=O) groups is 2. The summed E-state index contributed by atoms with van der Waals surface area (Å²) in [7, 11) is 0. The summed E-state index contributed by atoms with van der Waals surface area (Å²) in [6, 6.07) is 1.80. The lowest BCUT2D eigenvalue weighted by Gasteiger charge is -2.20. The van der Waals surface area contributed by atoms with Gasteiger partial charge in [0.25, 0.3) is 0 Å². The van der Waals surface area contributed by atoms with Gasteiger partial charge in [-0.1, -0.05) is 0 Å². The van der Waals surface area contributed by atoms with E-state index in [2.05, 4.69) is 4.98 Å². The van der Waals surface area contributed by atoms with Crippen LogP contribution >= 0.6 is 0 Å². The molecule has 0 aromatic heterocycles. The first kappa shape index (κ1) is 14.2. The van der Waals surface area contributed by atoms with E-state index in [1.807, 2.05) is 20.8 Å².